The van der Waals surface area contributed by atoms with Gasteiger partial charge in [-0.2, -0.15) is 0 Å². The van der Waals surface area contributed by atoms with E-state index in [1.54, 1.807) is 6.07 Å². The number of halogens is 1. The van der Waals surface area contributed by atoms with Crippen LogP contribution in [0, 0.1) is 23.7 Å². The number of rotatable bonds is 10. The standard InChI is InChI=1S/C39H55ClN2O6SSi/c1-38(2,3)50(5,6)48-35(17-12-26-9-10-30(26)23-49(41,44)45)32-15-11-29(32)22-42-24-39(19-7-8-27-20-31(40)14-16-33(27)39)25-47-36-18-13-28(21-34(36)42)37(43)46-4/h12-14,16-18,20-21,26,29-30,32,35H,7-11,15,19,22-25H2,1-6H3,(H2,41,44,45)/b17-12+/t26-,29+,30-,32-,35?,39+/m1/s1. The van der Waals surface area contributed by atoms with E-state index in [2.05, 4.69) is 63.0 Å². The zero-order valence-electron chi connectivity index (χ0n) is 30.5. The number of carbonyl (C=O) groups is 1. The zero-order valence-corrected chi connectivity index (χ0v) is 33.1. The highest BCUT2D eigenvalue weighted by atomic mass is 35.5. The van der Waals surface area contributed by atoms with Crippen LogP contribution in [0.3, 0.4) is 0 Å². The summed E-state index contributed by atoms with van der Waals surface area (Å²) in [6, 6.07) is 11.9. The topological polar surface area (TPSA) is 108 Å². The van der Waals surface area contributed by atoms with Gasteiger partial charge >= 0.3 is 5.97 Å². The van der Waals surface area contributed by atoms with Gasteiger partial charge in [-0.05, 0) is 128 Å². The molecule has 1 aliphatic heterocycles. The summed E-state index contributed by atoms with van der Waals surface area (Å²) in [5, 5.41) is 6.23. The van der Waals surface area contributed by atoms with Gasteiger partial charge in [-0.25, -0.2) is 18.4 Å². The first kappa shape index (κ1) is 37.4. The molecule has 0 aromatic heterocycles. The molecule has 2 saturated carbocycles. The van der Waals surface area contributed by atoms with Crippen molar-refractivity contribution in [1.82, 2.24) is 0 Å². The molecule has 0 radical (unpaired) electrons. The van der Waals surface area contributed by atoms with E-state index in [4.69, 9.17) is 30.6 Å². The molecule has 3 aliphatic carbocycles. The Morgan fingerprint density at radius 2 is 1.90 bits per heavy atom. The minimum atomic E-state index is -3.52. The molecule has 0 amide bonds. The summed E-state index contributed by atoms with van der Waals surface area (Å²) in [5.41, 5.74) is 3.81. The first-order chi connectivity index (χ1) is 23.5. The molecule has 1 unspecified atom stereocenters. The molecule has 8 nitrogen and oxygen atoms in total. The van der Waals surface area contributed by atoms with Crippen LogP contribution < -0.4 is 14.8 Å². The van der Waals surface area contributed by atoms with E-state index in [-0.39, 0.29) is 40.1 Å². The number of primary sulfonamides is 1. The maximum absolute atomic E-state index is 12.7. The number of ether oxygens (including phenoxy) is 2. The molecule has 6 atom stereocenters. The number of nitrogens with two attached hydrogens (primary N) is 1. The summed E-state index contributed by atoms with van der Waals surface area (Å²) in [4.78, 5) is 15.2. The maximum atomic E-state index is 12.7. The molecule has 6 rings (SSSR count). The number of anilines is 1. The Morgan fingerprint density at radius 1 is 1.14 bits per heavy atom. The molecular formula is C39H55ClN2O6SSi. The number of aryl methyl sites for hydroxylation is 1. The van der Waals surface area contributed by atoms with E-state index in [9.17, 15) is 13.2 Å². The van der Waals surface area contributed by atoms with Crippen LogP contribution in [0.2, 0.25) is 23.2 Å². The summed E-state index contributed by atoms with van der Waals surface area (Å²) >= 11 is 6.48. The molecule has 50 heavy (non-hydrogen) atoms. The predicted molar refractivity (Wildman–Crippen MR) is 203 cm³/mol. The fourth-order valence-corrected chi connectivity index (χ4v) is 10.8. The molecule has 0 bridgehead atoms. The van der Waals surface area contributed by atoms with Crippen LogP contribution in [0.4, 0.5) is 5.69 Å². The van der Waals surface area contributed by atoms with Crippen molar-refractivity contribution in [1.29, 1.82) is 0 Å². The van der Waals surface area contributed by atoms with Gasteiger partial charge in [-0.3, -0.25) is 0 Å². The van der Waals surface area contributed by atoms with Crippen LogP contribution in [-0.2, 0) is 31.0 Å². The van der Waals surface area contributed by atoms with E-state index in [1.165, 1.54) is 18.2 Å². The molecule has 1 heterocycles. The van der Waals surface area contributed by atoms with Crippen molar-refractivity contribution in [3.05, 3.63) is 70.3 Å². The lowest BCUT2D eigenvalue weighted by molar-refractivity contribution is 0.0519. The number of methoxy groups -OCH3 is 1. The number of fused-ring (bicyclic) bond motifs is 3. The van der Waals surface area contributed by atoms with Crippen LogP contribution >= 0.6 is 11.6 Å². The average Bonchev–Trinajstić information content (AvgIpc) is 3.16. The summed E-state index contributed by atoms with van der Waals surface area (Å²) in [6.45, 7) is 13.6. The first-order valence-corrected chi connectivity index (χ1v) is 23.2. The zero-order chi connectivity index (χ0) is 36.1. The van der Waals surface area contributed by atoms with Gasteiger partial charge in [-0.15, -0.1) is 0 Å². The van der Waals surface area contributed by atoms with Crippen LogP contribution in [-0.4, -0.2) is 61.4 Å². The highest BCUT2D eigenvalue weighted by Crippen LogP contribution is 2.48. The second-order valence-electron chi connectivity index (χ2n) is 16.8. The molecule has 2 fully saturated rings. The maximum Gasteiger partial charge on any atom is 0.337 e. The van der Waals surface area contributed by atoms with Gasteiger partial charge in [0.1, 0.15) is 5.75 Å². The molecular weight excluding hydrogens is 688 g/mol. The lowest BCUT2D eigenvalue weighted by atomic mass is 9.68. The van der Waals surface area contributed by atoms with Gasteiger partial charge in [0, 0.05) is 23.5 Å². The number of allylic oxidation sites excluding steroid dienone is 1. The Morgan fingerprint density at radius 3 is 2.54 bits per heavy atom. The molecule has 11 heteroatoms. The first-order valence-electron chi connectivity index (χ1n) is 18.2. The van der Waals surface area contributed by atoms with E-state index in [0.29, 0.717) is 24.0 Å². The Balaban J connectivity index is 1.32. The van der Waals surface area contributed by atoms with Crippen molar-refractivity contribution in [3.8, 4) is 5.75 Å². The van der Waals surface area contributed by atoms with Crippen molar-refractivity contribution in [2.45, 2.75) is 95.4 Å². The molecule has 0 saturated heterocycles. The van der Waals surface area contributed by atoms with E-state index in [1.807, 2.05) is 18.2 Å². The Kier molecular flexibility index (Phi) is 10.6. The van der Waals surface area contributed by atoms with Gasteiger partial charge in [-0.1, -0.05) is 50.6 Å². The Labute approximate surface area is 305 Å². The lowest BCUT2D eigenvalue weighted by Crippen LogP contribution is -2.52. The number of benzene rings is 2. The normalized spacial score (nSPS) is 27.4. The third kappa shape index (κ3) is 7.84. The number of carbonyl (C=O) groups excluding carboxylic acids is 1. The lowest BCUT2D eigenvalue weighted by Gasteiger charge is -2.48. The number of hydrogen-bond donors (Lipinski definition) is 1. The quantitative estimate of drug-likeness (QED) is 0.150. The van der Waals surface area contributed by atoms with Crippen LogP contribution in [0.5, 0.6) is 5.75 Å². The highest BCUT2D eigenvalue weighted by Gasteiger charge is 2.47. The van der Waals surface area contributed by atoms with Crippen LogP contribution in [0.25, 0.3) is 0 Å². The second-order valence-corrected chi connectivity index (χ2v) is 23.7. The van der Waals surface area contributed by atoms with Crippen molar-refractivity contribution < 1.29 is 27.1 Å². The minimum Gasteiger partial charge on any atom is -0.490 e. The van der Waals surface area contributed by atoms with Crippen molar-refractivity contribution >= 4 is 41.6 Å². The Hall–Kier alpha value is -2.37. The van der Waals surface area contributed by atoms with Crippen molar-refractivity contribution in [2.24, 2.45) is 28.8 Å². The fourth-order valence-electron chi connectivity index (χ4n) is 8.29. The number of nitrogens with zero attached hydrogens (tertiary/aromatic N) is 1. The van der Waals surface area contributed by atoms with E-state index < -0.39 is 18.3 Å². The predicted octanol–water partition coefficient (Wildman–Crippen LogP) is 7.89. The van der Waals surface area contributed by atoms with Crippen LogP contribution in [0.15, 0.2) is 48.6 Å². The molecule has 2 N–H and O–H groups in total. The third-order valence-corrected chi connectivity index (χ3v) is 18.1. The van der Waals surface area contributed by atoms with E-state index in [0.717, 1.165) is 74.5 Å². The highest BCUT2D eigenvalue weighted by molar-refractivity contribution is 7.89. The molecule has 4 aliphatic rings. The van der Waals surface area contributed by atoms with E-state index >= 15 is 0 Å². The largest absolute Gasteiger partial charge is 0.490 e. The number of sulfonamides is 1. The Bertz CT molecular complexity index is 1730. The number of hydrogen-bond acceptors (Lipinski definition) is 7. The number of esters is 1. The molecule has 1 spiro atoms. The summed E-state index contributed by atoms with van der Waals surface area (Å²) in [6.07, 6.45) is 11.5. The van der Waals surface area contributed by atoms with Gasteiger partial charge < -0.3 is 18.8 Å². The minimum absolute atomic E-state index is 0.0307. The summed E-state index contributed by atoms with van der Waals surface area (Å²) < 4.78 is 42.7. The summed E-state index contributed by atoms with van der Waals surface area (Å²) in [5.74, 6) is 1.37. The summed E-state index contributed by atoms with van der Waals surface area (Å²) in [7, 11) is -4.25. The molecule has 274 valence electrons. The SMILES string of the molecule is COC(=O)c1ccc2c(c1)N(C[C@@H]1CC[C@H]1C(/C=C/[C@H]1CC[C@@H]1CS(N)(=O)=O)O[Si](C)(C)C(C)(C)C)C[C@@]1(CCCc3cc(Cl)ccc31)CO2. The van der Waals surface area contributed by atoms with Crippen molar-refractivity contribution in [2.75, 3.05) is 37.5 Å². The molecule has 2 aromatic carbocycles. The molecule has 2 aromatic rings. The fraction of sp³-hybridized carbons (Fsp3) is 0.615. The third-order valence-electron chi connectivity index (χ3n) is 12.5. The smallest absolute Gasteiger partial charge is 0.337 e. The monoisotopic (exact) mass is 742 g/mol. The average molecular weight is 743 g/mol. The van der Waals surface area contributed by atoms with Gasteiger partial charge in [0.2, 0.25) is 10.0 Å². The van der Waals surface area contributed by atoms with Gasteiger partial charge in [0.15, 0.2) is 8.32 Å². The van der Waals surface area contributed by atoms with Crippen LogP contribution in [0.1, 0.15) is 80.8 Å². The van der Waals surface area contributed by atoms with Gasteiger partial charge in [0.25, 0.3) is 0 Å². The second kappa shape index (κ2) is 14.2. The van der Waals surface area contributed by atoms with Crippen molar-refractivity contribution in [3.63, 3.8) is 0 Å². The van der Waals surface area contributed by atoms with Gasteiger partial charge in [0.05, 0.1) is 36.8 Å².